The molecule has 0 radical (unpaired) electrons. The summed E-state index contributed by atoms with van der Waals surface area (Å²) < 4.78 is 41.5. The van der Waals surface area contributed by atoms with Gasteiger partial charge in [-0.05, 0) is 55.4 Å². The number of carbonyl (C=O) groups excluding carboxylic acids is 1. The Kier molecular flexibility index (Phi) is 6.53. The number of rotatable bonds is 6. The van der Waals surface area contributed by atoms with Crippen molar-refractivity contribution in [3.05, 3.63) is 0 Å². The zero-order chi connectivity index (χ0) is 24.5. The molecule has 10 nitrogen and oxygen atoms in total. The summed E-state index contributed by atoms with van der Waals surface area (Å²) >= 11 is 0. The topological polar surface area (TPSA) is 108 Å². The molecule has 0 aromatic heterocycles. The van der Waals surface area contributed by atoms with Gasteiger partial charge in [0.05, 0.1) is 6.10 Å². The predicted molar refractivity (Wildman–Crippen MR) is 115 cm³/mol. The summed E-state index contributed by atoms with van der Waals surface area (Å²) in [5, 5.41) is 11.3. The van der Waals surface area contributed by atoms with Crippen molar-refractivity contribution < 1.29 is 43.1 Å². The molecular formula is C23H39NO9. The van der Waals surface area contributed by atoms with E-state index in [1.807, 2.05) is 62.3 Å². The first kappa shape index (κ1) is 25.1. The van der Waals surface area contributed by atoms with Crippen molar-refractivity contribution >= 4 is 6.09 Å². The molecule has 0 saturated carbocycles. The molecule has 10 heteroatoms. The standard InChI is InChI=1S/C23H39NO9/c1-10(2)24(11(3)4)21(26)29-19-14(27-19)12(5)13(25)15-16-17(31-22(6,7)30-16)18-20(28-15)33-23(8,9)32-18/h10-20,25H,1-9H3/t12-,13+,14-,15-,16+,17+,18-,19+,20-/m1/s1. The minimum absolute atomic E-state index is 0.000942. The van der Waals surface area contributed by atoms with Gasteiger partial charge in [0.15, 0.2) is 17.9 Å². The van der Waals surface area contributed by atoms with E-state index >= 15 is 0 Å². The minimum atomic E-state index is -0.969. The van der Waals surface area contributed by atoms with Crippen molar-refractivity contribution in [2.75, 3.05) is 0 Å². The number of aliphatic hydroxyl groups excluding tert-OH is 1. The molecule has 4 heterocycles. The summed E-state index contributed by atoms with van der Waals surface area (Å²) in [6.07, 6.45) is -5.44. The molecule has 0 aliphatic carbocycles. The fourth-order valence-electron chi connectivity index (χ4n) is 5.17. The quantitative estimate of drug-likeness (QED) is 0.582. The molecule has 9 atom stereocenters. The molecular weight excluding hydrogens is 434 g/mol. The summed E-state index contributed by atoms with van der Waals surface area (Å²) in [5.74, 6) is -2.07. The third-order valence-corrected chi connectivity index (χ3v) is 6.61. The van der Waals surface area contributed by atoms with Gasteiger partial charge in [-0.3, -0.25) is 0 Å². The van der Waals surface area contributed by atoms with Gasteiger partial charge in [0.2, 0.25) is 6.29 Å². The summed E-state index contributed by atoms with van der Waals surface area (Å²) in [7, 11) is 0. The van der Waals surface area contributed by atoms with Gasteiger partial charge >= 0.3 is 6.09 Å². The highest BCUT2D eigenvalue weighted by atomic mass is 16.9. The highest BCUT2D eigenvalue weighted by Gasteiger charge is 2.63. The van der Waals surface area contributed by atoms with Crippen molar-refractivity contribution in [2.24, 2.45) is 5.92 Å². The van der Waals surface area contributed by atoms with Crippen molar-refractivity contribution in [2.45, 2.75) is 135 Å². The molecule has 4 aliphatic rings. The molecule has 1 amide bonds. The molecule has 0 bridgehead atoms. The molecule has 0 unspecified atom stereocenters. The van der Waals surface area contributed by atoms with Crippen LogP contribution in [-0.4, -0.2) is 89.0 Å². The van der Waals surface area contributed by atoms with Gasteiger partial charge in [-0.15, -0.1) is 0 Å². The maximum Gasteiger partial charge on any atom is 0.412 e. The van der Waals surface area contributed by atoms with Gasteiger partial charge in [-0.1, -0.05) is 6.92 Å². The Balaban J connectivity index is 1.42. The first-order valence-corrected chi connectivity index (χ1v) is 11.9. The molecule has 4 fully saturated rings. The lowest BCUT2D eigenvalue weighted by Gasteiger charge is -2.40. The van der Waals surface area contributed by atoms with Gasteiger partial charge in [0, 0.05) is 18.0 Å². The average molecular weight is 474 g/mol. The van der Waals surface area contributed by atoms with Crippen molar-refractivity contribution in [3.63, 3.8) is 0 Å². The number of ether oxygens (including phenoxy) is 7. The second-order valence-corrected chi connectivity index (χ2v) is 10.9. The number of fused-ring (bicyclic) bond motifs is 3. The summed E-state index contributed by atoms with van der Waals surface area (Å²) in [4.78, 5) is 14.2. The lowest BCUT2D eigenvalue weighted by Crippen LogP contribution is -2.59. The second kappa shape index (κ2) is 8.58. The molecule has 4 saturated heterocycles. The van der Waals surface area contributed by atoms with E-state index in [0.29, 0.717) is 0 Å². The van der Waals surface area contributed by atoms with Crippen LogP contribution in [0, 0.1) is 5.92 Å². The van der Waals surface area contributed by atoms with E-state index in [0.717, 1.165) is 0 Å². The number of carbonyl (C=O) groups is 1. The van der Waals surface area contributed by atoms with E-state index in [2.05, 4.69) is 0 Å². The Labute approximate surface area is 195 Å². The van der Waals surface area contributed by atoms with Crippen molar-refractivity contribution in [1.29, 1.82) is 0 Å². The Morgan fingerprint density at radius 3 is 1.97 bits per heavy atom. The van der Waals surface area contributed by atoms with Gasteiger partial charge in [-0.2, -0.15) is 0 Å². The van der Waals surface area contributed by atoms with Gasteiger partial charge in [0.25, 0.3) is 0 Å². The van der Waals surface area contributed by atoms with Gasteiger partial charge in [0.1, 0.15) is 30.5 Å². The first-order valence-electron chi connectivity index (χ1n) is 11.9. The SMILES string of the molecule is CC(C)N(C(=O)O[C@@H]1O[C@@H]1[C@H](C)[C@H](O)[C@H]1O[C@@H]2OC(C)(C)O[C@@H]2[C@H]2OC(C)(C)O[C@H]21)C(C)C. The third-order valence-electron chi connectivity index (χ3n) is 6.61. The number of amides is 1. The highest BCUT2D eigenvalue weighted by molar-refractivity contribution is 5.68. The van der Waals surface area contributed by atoms with Crippen LogP contribution in [-0.2, 0) is 33.2 Å². The van der Waals surface area contributed by atoms with Crippen LogP contribution >= 0.6 is 0 Å². The predicted octanol–water partition coefficient (Wildman–Crippen LogP) is 2.36. The smallest absolute Gasteiger partial charge is 0.412 e. The lowest BCUT2D eigenvalue weighted by atomic mass is 9.88. The highest BCUT2D eigenvalue weighted by Crippen LogP contribution is 2.46. The van der Waals surface area contributed by atoms with E-state index in [1.54, 1.807) is 4.90 Å². The van der Waals surface area contributed by atoms with Crippen LogP contribution in [0.25, 0.3) is 0 Å². The van der Waals surface area contributed by atoms with Crippen LogP contribution in [0.1, 0.15) is 62.3 Å². The molecule has 0 spiro atoms. The molecule has 0 aromatic carbocycles. The van der Waals surface area contributed by atoms with Crippen LogP contribution in [0.15, 0.2) is 0 Å². The van der Waals surface area contributed by atoms with Gasteiger partial charge in [-0.25, -0.2) is 4.79 Å². The largest absolute Gasteiger partial charge is 0.417 e. The number of hydrogen-bond acceptors (Lipinski definition) is 9. The molecule has 0 aromatic rings. The van der Waals surface area contributed by atoms with Crippen LogP contribution in [0.4, 0.5) is 4.79 Å². The number of nitrogens with zero attached hydrogens (tertiary/aromatic N) is 1. The fraction of sp³-hybridized carbons (Fsp3) is 0.957. The van der Waals surface area contributed by atoms with E-state index < -0.39 is 66.9 Å². The zero-order valence-corrected chi connectivity index (χ0v) is 21.0. The van der Waals surface area contributed by atoms with Crippen molar-refractivity contribution in [3.8, 4) is 0 Å². The average Bonchev–Trinajstić information content (AvgIpc) is 3.23. The zero-order valence-electron chi connectivity index (χ0n) is 21.0. The molecule has 4 aliphatic heterocycles. The van der Waals surface area contributed by atoms with E-state index in [1.165, 1.54) is 0 Å². The maximum absolute atomic E-state index is 12.6. The van der Waals surface area contributed by atoms with Gasteiger partial charge < -0.3 is 43.2 Å². The third kappa shape index (κ3) is 4.89. The number of aliphatic hydroxyl groups is 1. The lowest BCUT2D eigenvalue weighted by molar-refractivity contribution is -0.257. The van der Waals surface area contributed by atoms with E-state index in [4.69, 9.17) is 33.2 Å². The molecule has 4 rings (SSSR count). The summed E-state index contributed by atoms with van der Waals surface area (Å²) in [6, 6.07) is -0.00188. The van der Waals surface area contributed by atoms with Crippen LogP contribution in [0.3, 0.4) is 0 Å². The molecule has 33 heavy (non-hydrogen) atoms. The first-order chi connectivity index (χ1) is 15.2. The van der Waals surface area contributed by atoms with Crippen LogP contribution in [0.2, 0.25) is 0 Å². The van der Waals surface area contributed by atoms with E-state index in [9.17, 15) is 9.90 Å². The maximum atomic E-state index is 12.6. The monoisotopic (exact) mass is 473 g/mol. The van der Waals surface area contributed by atoms with Crippen LogP contribution < -0.4 is 0 Å². The van der Waals surface area contributed by atoms with Crippen molar-refractivity contribution in [1.82, 2.24) is 4.90 Å². The van der Waals surface area contributed by atoms with E-state index in [-0.39, 0.29) is 18.0 Å². The molecule has 190 valence electrons. The minimum Gasteiger partial charge on any atom is -0.417 e. The number of hydrogen-bond donors (Lipinski definition) is 1. The Bertz CT molecular complexity index is 733. The number of epoxide rings is 1. The Hall–Kier alpha value is -1.01. The Morgan fingerprint density at radius 2 is 1.36 bits per heavy atom. The Morgan fingerprint density at radius 1 is 0.818 bits per heavy atom. The molecule has 1 N–H and O–H groups in total. The summed E-state index contributed by atoms with van der Waals surface area (Å²) in [6.45, 7) is 16.8. The summed E-state index contributed by atoms with van der Waals surface area (Å²) in [5.41, 5.74) is 0. The fourth-order valence-corrected chi connectivity index (χ4v) is 5.17. The second-order valence-electron chi connectivity index (χ2n) is 10.9. The normalized spacial score (nSPS) is 40.3. The van der Waals surface area contributed by atoms with Crippen LogP contribution in [0.5, 0.6) is 0 Å².